The Kier molecular flexibility index (Phi) is 6.02. The van der Waals surface area contributed by atoms with Gasteiger partial charge in [0.05, 0.1) is 13.2 Å². The molecule has 9 nitrogen and oxygen atoms in total. The first-order valence-corrected chi connectivity index (χ1v) is 12.4. The molecule has 3 N–H and O–H groups in total. The Morgan fingerprint density at radius 1 is 1.29 bits per heavy atom. The van der Waals surface area contributed by atoms with Crippen molar-refractivity contribution < 1.29 is 23.9 Å². The minimum atomic E-state index is -0.730. The predicted molar refractivity (Wildman–Crippen MR) is 129 cm³/mol. The van der Waals surface area contributed by atoms with E-state index in [0.29, 0.717) is 37.4 Å². The molecule has 186 valence electrons. The SMILES string of the molecule is CCC(=O)C(CC1CCNC1=O)NC(=O)C1CC2(CC2)CN1C(=O)c1cc2c(OC)cccc2[nH]1. The highest BCUT2D eigenvalue weighted by Gasteiger charge is 2.55. The molecule has 2 aromatic rings. The van der Waals surface area contributed by atoms with E-state index < -0.39 is 12.1 Å². The zero-order chi connectivity index (χ0) is 24.7. The van der Waals surface area contributed by atoms with Crippen molar-refractivity contribution in [3.63, 3.8) is 0 Å². The van der Waals surface area contributed by atoms with Crippen molar-refractivity contribution >= 4 is 34.4 Å². The van der Waals surface area contributed by atoms with E-state index >= 15 is 0 Å². The Balaban J connectivity index is 1.36. The van der Waals surface area contributed by atoms with Crippen molar-refractivity contribution in [1.82, 2.24) is 20.5 Å². The summed E-state index contributed by atoms with van der Waals surface area (Å²) >= 11 is 0. The molecule has 3 heterocycles. The summed E-state index contributed by atoms with van der Waals surface area (Å²) in [7, 11) is 1.59. The number of carbonyl (C=O) groups is 4. The first-order chi connectivity index (χ1) is 16.8. The maximum absolute atomic E-state index is 13.6. The molecule has 1 aromatic heterocycles. The van der Waals surface area contributed by atoms with E-state index in [-0.39, 0.29) is 47.7 Å². The fourth-order valence-corrected chi connectivity index (χ4v) is 5.56. The number of aromatic amines is 1. The number of hydrogen-bond donors (Lipinski definition) is 3. The highest BCUT2D eigenvalue weighted by atomic mass is 16.5. The van der Waals surface area contributed by atoms with Crippen molar-refractivity contribution in [2.24, 2.45) is 11.3 Å². The molecular weight excluding hydrogens is 448 g/mol. The Morgan fingerprint density at radius 3 is 2.74 bits per heavy atom. The van der Waals surface area contributed by atoms with Gasteiger partial charge in [0, 0.05) is 36.3 Å². The van der Waals surface area contributed by atoms with E-state index in [1.54, 1.807) is 25.0 Å². The summed E-state index contributed by atoms with van der Waals surface area (Å²) in [5, 5.41) is 6.51. The van der Waals surface area contributed by atoms with Gasteiger partial charge in [-0.25, -0.2) is 0 Å². The number of H-pyrrole nitrogens is 1. The number of ether oxygens (including phenoxy) is 1. The van der Waals surface area contributed by atoms with Crippen LogP contribution in [-0.4, -0.2) is 65.7 Å². The van der Waals surface area contributed by atoms with Gasteiger partial charge in [-0.1, -0.05) is 13.0 Å². The lowest BCUT2D eigenvalue weighted by Crippen LogP contribution is -2.51. The number of aromatic nitrogens is 1. The molecular formula is C26H32N4O5. The van der Waals surface area contributed by atoms with Crippen LogP contribution in [0.25, 0.3) is 10.9 Å². The average molecular weight is 481 g/mol. The molecule has 0 radical (unpaired) electrons. The van der Waals surface area contributed by atoms with Gasteiger partial charge in [-0.15, -0.1) is 0 Å². The number of amides is 3. The van der Waals surface area contributed by atoms with Crippen LogP contribution in [0.4, 0.5) is 0 Å². The quantitative estimate of drug-likeness (QED) is 0.535. The Labute approximate surface area is 203 Å². The van der Waals surface area contributed by atoms with Crippen LogP contribution in [0.15, 0.2) is 24.3 Å². The number of benzene rings is 1. The number of rotatable bonds is 8. The second-order valence-electron chi connectivity index (χ2n) is 10.2. The van der Waals surface area contributed by atoms with E-state index in [1.807, 2.05) is 18.2 Å². The maximum Gasteiger partial charge on any atom is 0.271 e. The molecule has 2 saturated heterocycles. The summed E-state index contributed by atoms with van der Waals surface area (Å²) in [6, 6.07) is 5.96. The van der Waals surface area contributed by atoms with Crippen molar-refractivity contribution in [1.29, 1.82) is 0 Å². The normalized spacial score (nSPS) is 23.4. The maximum atomic E-state index is 13.6. The van der Waals surface area contributed by atoms with Crippen LogP contribution < -0.4 is 15.4 Å². The number of likely N-dealkylation sites (tertiary alicyclic amines) is 1. The second-order valence-corrected chi connectivity index (χ2v) is 10.2. The molecule has 3 atom stereocenters. The number of ketones is 1. The van der Waals surface area contributed by atoms with Crippen LogP contribution in [0, 0.1) is 11.3 Å². The van der Waals surface area contributed by atoms with Crippen molar-refractivity contribution in [2.75, 3.05) is 20.2 Å². The van der Waals surface area contributed by atoms with E-state index in [2.05, 4.69) is 15.6 Å². The zero-order valence-electron chi connectivity index (χ0n) is 20.2. The van der Waals surface area contributed by atoms with E-state index in [9.17, 15) is 19.2 Å². The third-order valence-electron chi connectivity index (χ3n) is 7.84. The highest BCUT2D eigenvalue weighted by Crippen LogP contribution is 2.55. The van der Waals surface area contributed by atoms with Gasteiger partial charge in [0.1, 0.15) is 17.5 Å². The van der Waals surface area contributed by atoms with E-state index in [4.69, 9.17) is 4.74 Å². The molecule has 3 aliphatic rings. The van der Waals surface area contributed by atoms with Crippen molar-refractivity contribution in [3.05, 3.63) is 30.0 Å². The number of Topliss-reactive ketones (excluding diaryl/α,β-unsaturated/α-hetero) is 1. The summed E-state index contributed by atoms with van der Waals surface area (Å²) in [5.41, 5.74) is 1.18. The van der Waals surface area contributed by atoms with E-state index in [1.165, 1.54) is 0 Å². The Hall–Kier alpha value is -3.36. The molecule has 1 spiro atoms. The Bertz CT molecular complexity index is 1180. The third-order valence-corrected chi connectivity index (χ3v) is 7.84. The molecule has 2 aliphatic heterocycles. The van der Waals surface area contributed by atoms with Gasteiger partial charge in [-0.05, 0) is 55.7 Å². The minimum Gasteiger partial charge on any atom is -0.496 e. The van der Waals surface area contributed by atoms with Crippen LogP contribution in [0.1, 0.15) is 55.9 Å². The largest absolute Gasteiger partial charge is 0.496 e. The van der Waals surface area contributed by atoms with Crippen LogP contribution in [0.3, 0.4) is 0 Å². The van der Waals surface area contributed by atoms with Gasteiger partial charge >= 0.3 is 0 Å². The zero-order valence-corrected chi connectivity index (χ0v) is 20.2. The van der Waals surface area contributed by atoms with E-state index in [0.717, 1.165) is 23.7 Å². The van der Waals surface area contributed by atoms with Gasteiger partial charge in [-0.2, -0.15) is 0 Å². The minimum absolute atomic E-state index is 0.0169. The lowest BCUT2D eigenvalue weighted by Gasteiger charge is -2.26. The molecule has 1 aliphatic carbocycles. The molecule has 3 unspecified atom stereocenters. The molecule has 3 amide bonds. The lowest BCUT2D eigenvalue weighted by atomic mass is 9.94. The number of hydrogen-bond acceptors (Lipinski definition) is 5. The number of carbonyl (C=O) groups excluding carboxylic acids is 4. The van der Waals surface area contributed by atoms with Crippen LogP contribution in [0.5, 0.6) is 5.75 Å². The molecule has 1 aromatic carbocycles. The summed E-state index contributed by atoms with van der Waals surface area (Å²) in [4.78, 5) is 56.6. The highest BCUT2D eigenvalue weighted by molar-refractivity contribution is 6.02. The van der Waals surface area contributed by atoms with Gasteiger partial charge in [0.25, 0.3) is 5.91 Å². The number of methoxy groups -OCH3 is 1. The number of nitrogens with zero attached hydrogens (tertiary/aromatic N) is 1. The number of fused-ring (bicyclic) bond motifs is 1. The molecule has 3 fully saturated rings. The summed E-state index contributed by atoms with van der Waals surface area (Å²) in [6.45, 7) is 2.87. The monoisotopic (exact) mass is 480 g/mol. The molecule has 35 heavy (non-hydrogen) atoms. The van der Waals surface area contributed by atoms with Gasteiger partial charge < -0.3 is 25.3 Å². The first kappa shape index (κ1) is 23.4. The molecule has 5 rings (SSSR count). The van der Waals surface area contributed by atoms with Gasteiger partial charge in [0.2, 0.25) is 11.8 Å². The third kappa shape index (κ3) is 4.39. The fourth-order valence-electron chi connectivity index (χ4n) is 5.56. The average Bonchev–Trinajstić information content (AvgIpc) is 3.16. The lowest BCUT2D eigenvalue weighted by molar-refractivity contribution is -0.131. The van der Waals surface area contributed by atoms with Gasteiger partial charge in [-0.3, -0.25) is 19.2 Å². The summed E-state index contributed by atoms with van der Waals surface area (Å²) < 4.78 is 5.42. The summed E-state index contributed by atoms with van der Waals surface area (Å²) in [5.74, 6) is -0.339. The molecule has 9 heteroatoms. The fraction of sp³-hybridized carbons (Fsp3) is 0.538. The smallest absolute Gasteiger partial charge is 0.271 e. The number of nitrogens with one attached hydrogen (secondary N) is 3. The standard InChI is InChI=1S/C26H32N4O5/c1-3-21(31)18(11-15-7-10-27-23(15)32)29-24(33)20-13-26(8-9-26)14-30(20)25(34)19-12-16-17(28-19)5-4-6-22(16)35-2/h4-6,12,15,18,20,28H,3,7-11,13-14H2,1-2H3,(H,27,32)(H,29,33). The van der Waals surface area contributed by atoms with Crippen molar-refractivity contribution in [2.45, 2.75) is 57.5 Å². The van der Waals surface area contributed by atoms with Gasteiger partial charge in [0.15, 0.2) is 5.78 Å². The second kappa shape index (κ2) is 9.02. The predicted octanol–water partition coefficient (Wildman–Crippen LogP) is 2.16. The van der Waals surface area contributed by atoms with Crippen LogP contribution in [-0.2, 0) is 14.4 Å². The topological polar surface area (TPSA) is 121 Å². The van der Waals surface area contributed by atoms with Crippen LogP contribution in [0.2, 0.25) is 0 Å². The molecule has 0 bridgehead atoms. The summed E-state index contributed by atoms with van der Waals surface area (Å²) in [6.07, 6.45) is 3.78. The molecule has 1 saturated carbocycles. The van der Waals surface area contributed by atoms with Crippen molar-refractivity contribution in [3.8, 4) is 5.75 Å². The Morgan fingerprint density at radius 2 is 2.09 bits per heavy atom. The van der Waals surface area contributed by atoms with Crippen LogP contribution >= 0.6 is 0 Å². The first-order valence-electron chi connectivity index (χ1n) is 12.4.